The molecule has 0 aliphatic rings. The van der Waals surface area contributed by atoms with Crippen LogP contribution in [0.15, 0.2) is 42.7 Å². The minimum atomic E-state index is -0.437. The number of rotatable bonds is 5. The van der Waals surface area contributed by atoms with Crippen LogP contribution in [0, 0.1) is 10.1 Å². The predicted octanol–water partition coefficient (Wildman–Crippen LogP) is 3.24. The van der Waals surface area contributed by atoms with Crippen molar-refractivity contribution < 1.29 is 14.5 Å². The Labute approximate surface area is 137 Å². The van der Waals surface area contributed by atoms with Crippen molar-refractivity contribution in [2.75, 3.05) is 6.61 Å². The van der Waals surface area contributed by atoms with Crippen LogP contribution in [0.3, 0.4) is 0 Å². The zero-order valence-corrected chi connectivity index (χ0v) is 13.0. The first-order chi connectivity index (χ1) is 11.6. The molecule has 122 valence electrons. The zero-order chi connectivity index (χ0) is 17.1. The molecule has 7 nitrogen and oxygen atoms in total. The summed E-state index contributed by atoms with van der Waals surface area (Å²) in [5.74, 6) is -0.387. The lowest BCUT2D eigenvalue weighted by atomic mass is 10.0. The Morgan fingerprint density at radius 1 is 1.33 bits per heavy atom. The van der Waals surface area contributed by atoms with Crippen LogP contribution in [-0.2, 0) is 16.0 Å². The molecule has 1 aromatic carbocycles. The second kappa shape index (κ2) is 6.49. The molecule has 1 N–H and O–H groups in total. The number of ether oxygens (including phenoxy) is 1. The minimum Gasteiger partial charge on any atom is -0.466 e. The molecule has 0 aliphatic heterocycles. The molecule has 0 radical (unpaired) electrons. The molecule has 0 bridgehead atoms. The highest BCUT2D eigenvalue weighted by atomic mass is 16.6. The highest BCUT2D eigenvalue weighted by Crippen LogP contribution is 2.35. The number of pyridine rings is 1. The Morgan fingerprint density at radius 3 is 2.88 bits per heavy atom. The van der Waals surface area contributed by atoms with Crippen molar-refractivity contribution in [1.29, 1.82) is 0 Å². The number of benzene rings is 1. The Morgan fingerprint density at radius 2 is 2.12 bits per heavy atom. The molecule has 2 aromatic heterocycles. The van der Waals surface area contributed by atoms with E-state index in [2.05, 4.69) is 9.97 Å². The van der Waals surface area contributed by atoms with Gasteiger partial charge in [0, 0.05) is 29.4 Å². The summed E-state index contributed by atoms with van der Waals surface area (Å²) in [4.78, 5) is 30.1. The number of nitrogens with one attached hydrogen (secondary N) is 1. The number of fused-ring (bicyclic) bond motifs is 1. The summed E-state index contributed by atoms with van der Waals surface area (Å²) in [6.45, 7) is 2.01. The van der Waals surface area contributed by atoms with E-state index in [1.165, 1.54) is 6.07 Å². The third kappa shape index (κ3) is 2.83. The van der Waals surface area contributed by atoms with Crippen molar-refractivity contribution in [2.45, 2.75) is 13.3 Å². The zero-order valence-electron chi connectivity index (χ0n) is 13.0. The van der Waals surface area contributed by atoms with E-state index in [0.717, 1.165) is 10.9 Å². The number of nitrogens with zero attached hydrogens (tertiary/aromatic N) is 2. The van der Waals surface area contributed by atoms with E-state index in [-0.39, 0.29) is 24.7 Å². The van der Waals surface area contributed by atoms with Gasteiger partial charge in [0.2, 0.25) is 0 Å². The monoisotopic (exact) mass is 325 g/mol. The fourth-order valence-electron chi connectivity index (χ4n) is 2.70. The number of hydrogen-bond donors (Lipinski definition) is 1. The van der Waals surface area contributed by atoms with E-state index in [4.69, 9.17) is 4.74 Å². The number of carbonyl (C=O) groups is 1. The number of para-hydroxylation sites is 1. The lowest BCUT2D eigenvalue weighted by Crippen LogP contribution is -2.08. The van der Waals surface area contributed by atoms with Crippen LogP contribution in [-0.4, -0.2) is 27.5 Å². The number of carbonyl (C=O) groups excluding carboxylic acids is 1. The van der Waals surface area contributed by atoms with E-state index < -0.39 is 4.92 Å². The summed E-state index contributed by atoms with van der Waals surface area (Å²) in [5, 5.41) is 12.1. The van der Waals surface area contributed by atoms with Crippen LogP contribution < -0.4 is 0 Å². The van der Waals surface area contributed by atoms with Gasteiger partial charge < -0.3 is 9.72 Å². The summed E-state index contributed by atoms with van der Waals surface area (Å²) in [6, 6.07) is 8.19. The van der Waals surface area contributed by atoms with Gasteiger partial charge in [-0.05, 0) is 24.6 Å². The maximum Gasteiger partial charge on any atom is 0.310 e. The lowest BCUT2D eigenvalue weighted by molar-refractivity contribution is -0.384. The summed E-state index contributed by atoms with van der Waals surface area (Å²) < 4.78 is 5.03. The molecule has 24 heavy (non-hydrogen) atoms. The van der Waals surface area contributed by atoms with Gasteiger partial charge in [-0.1, -0.05) is 12.1 Å². The summed E-state index contributed by atoms with van der Waals surface area (Å²) in [7, 11) is 0. The average Bonchev–Trinajstić information content (AvgIpc) is 2.93. The van der Waals surface area contributed by atoms with E-state index in [0.29, 0.717) is 16.8 Å². The highest BCUT2D eigenvalue weighted by Gasteiger charge is 2.22. The van der Waals surface area contributed by atoms with Crippen LogP contribution in [0.4, 0.5) is 5.69 Å². The molecule has 3 rings (SSSR count). The number of aromatic nitrogens is 2. The Hall–Kier alpha value is -3.22. The van der Waals surface area contributed by atoms with Gasteiger partial charge in [0.25, 0.3) is 5.69 Å². The first kappa shape index (κ1) is 15.7. The lowest BCUT2D eigenvalue weighted by Gasteiger charge is -2.06. The third-order valence-corrected chi connectivity index (χ3v) is 3.70. The molecule has 7 heteroatoms. The van der Waals surface area contributed by atoms with Crippen molar-refractivity contribution in [3.8, 4) is 11.3 Å². The molecule has 0 amide bonds. The van der Waals surface area contributed by atoms with Gasteiger partial charge in [0.1, 0.15) is 0 Å². The molecule has 0 saturated carbocycles. The molecule has 3 aromatic rings. The summed E-state index contributed by atoms with van der Waals surface area (Å²) >= 11 is 0. The van der Waals surface area contributed by atoms with Crippen LogP contribution in [0.5, 0.6) is 0 Å². The normalized spacial score (nSPS) is 10.7. The highest BCUT2D eigenvalue weighted by molar-refractivity contribution is 5.95. The summed E-state index contributed by atoms with van der Waals surface area (Å²) in [5.41, 5.74) is 2.35. The van der Waals surface area contributed by atoms with Gasteiger partial charge in [0.05, 0.1) is 29.2 Å². The number of H-pyrrole nitrogens is 1. The molecule has 0 atom stereocenters. The fraction of sp³-hybridized carbons (Fsp3) is 0.176. The van der Waals surface area contributed by atoms with Crippen LogP contribution in [0.25, 0.3) is 22.2 Å². The molecule has 0 aliphatic carbocycles. The molecule has 0 unspecified atom stereocenters. The fourth-order valence-corrected chi connectivity index (χ4v) is 2.70. The quantitative estimate of drug-likeness (QED) is 0.441. The topological polar surface area (TPSA) is 98.1 Å². The van der Waals surface area contributed by atoms with Gasteiger partial charge in [-0.15, -0.1) is 0 Å². The molecule has 0 spiro atoms. The molecule has 0 fully saturated rings. The molecule has 0 saturated heterocycles. The Bertz CT molecular complexity index is 917. The predicted molar refractivity (Wildman–Crippen MR) is 88.5 cm³/mol. The average molecular weight is 325 g/mol. The largest absolute Gasteiger partial charge is 0.466 e. The molecular weight excluding hydrogens is 310 g/mol. The molecular formula is C17H15N3O4. The van der Waals surface area contributed by atoms with Crippen molar-refractivity contribution in [3.63, 3.8) is 0 Å². The maximum absolute atomic E-state index is 12.0. The van der Waals surface area contributed by atoms with Crippen LogP contribution >= 0.6 is 0 Å². The van der Waals surface area contributed by atoms with Gasteiger partial charge in [-0.2, -0.15) is 0 Å². The van der Waals surface area contributed by atoms with Crippen molar-refractivity contribution in [3.05, 3.63) is 58.4 Å². The van der Waals surface area contributed by atoms with Gasteiger partial charge in [0.15, 0.2) is 0 Å². The Kier molecular flexibility index (Phi) is 4.24. The van der Waals surface area contributed by atoms with E-state index in [1.807, 2.05) is 0 Å². The van der Waals surface area contributed by atoms with Crippen LogP contribution in [0.1, 0.15) is 12.5 Å². The number of nitro benzene ring substituents is 1. The van der Waals surface area contributed by atoms with Gasteiger partial charge in [-0.3, -0.25) is 19.9 Å². The molecule has 2 heterocycles. The van der Waals surface area contributed by atoms with E-state index >= 15 is 0 Å². The Balaban J connectivity index is 2.21. The van der Waals surface area contributed by atoms with Gasteiger partial charge in [-0.25, -0.2) is 0 Å². The maximum atomic E-state index is 12.0. The number of aromatic amines is 1. The van der Waals surface area contributed by atoms with Crippen molar-refractivity contribution in [1.82, 2.24) is 9.97 Å². The summed E-state index contributed by atoms with van der Waals surface area (Å²) in [6.07, 6.45) is 3.27. The first-order valence-corrected chi connectivity index (χ1v) is 7.45. The van der Waals surface area contributed by atoms with Crippen molar-refractivity contribution in [2.24, 2.45) is 0 Å². The third-order valence-electron chi connectivity index (χ3n) is 3.70. The second-order valence-corrected chi connectivity index (χ2v) is 5.16. The van der Waals surface area contributed by atoms with E-state index in [1.54, 1.807) is 43.6 Å². The van der Waals surface area contributed by atoms with Gasteiger partial charge >= 0.3 is 5.97 Å². The van der Waals surface area contributed by atoms with Crippen molar-refractivity contribution >= 4 is 22.6 Å². The SMILES string of the molecule is CCOC(=O)Cc1c(-c2ccccc2[N+](=O)[O-])[nH]c2ccncc12. The number of hydrogen-bond acceptors (Lipinski definition) is 5. The number of esters is 1. The minimum absolute atomic E-state index is 0.0148. The number of nitro groups is 1. The second-order valence-electron chi connectivity index (χ2n) is 5.16. The smallest absolute Gasteiger partial charge is 0.310 e. The standard InChI is InChI=1S/C17H15N3O4/c1-2-24-16(21)9-12-13-10-18-8-7-14(13)19-17(12)11-5-3-4-6-15(11)20(22)23/h3-8,10,19H,2,9H2,1H3. The van der Waals surface area contributed by atoms with Crippen LogP contribution in [0.2, 0.25) is 0 Å². The first-order valence-electron chi connectivity index (χ1n) is 7.45. The van der Waals surface area contributed by atoms with E-state index in [9.17, 15) is 14.9 Å².